The Labute approximate surface area is 148 Å². The number of aliphatic imine (C=N–C) groups is 1. The van der Waals surface area contributed by atoms with Gasteiger partial charge in [-0.1, -0.05) is 19.9 Å². The molecular weight excluding hydrogens is 328 g/mol. The zero-order chi connectivity index (χ0) is 18.7. The molecule has 0 spiro atoms. The van der Waals surface area contributed by atoms with E-state index in [0.717, 1.165) is 31.0 Å². The third kappa shape index (κ3) is 8.56. The number of ether oxygens (including phenoxy) is 2. The summed E-state index contributed by atoms with van der Waals surface area (Å²) in [7, 11) is 1.42. The van der Waals surface area contributed by atoms with Crippen LogP contribution in [0.25, 0.3) is 0 Å². The van der Waals surface area contributed by atoms with Crippen LogP contribution in [0.15, 0.2) is 23.2 Å². The number of guanidine groups is 1. The summed E-state index contributed by atoms with van der Waals surface area (Å²) in [5.74, 6) is 1.72. The maximum Gasteiger partial charge on any atom is 0.387 e. The van der Waals surface area contributed by atoms with Crippen LogP contribution in [-0.2, 0) is 6.42 Å². The normalized spacial score (nSPS) is 11.8. The third-order valence-corrected chi connectivity index (χ3v) is 3.47. The Morgan fingerprint density at radius 2 is 1.96 bits per heavy atom. The fourth-order valence-electron chi connectivity index (χ4n) is 2.17. The lowest BCUT2D eigenvalue weighted by atomic mass is 10.1. The van der Waals surface area contributed by atoms with E-state index in [9.17, 15) is 8.78 Å². The van der Waals surface area contributed by atoms with Crippen LogP contribution in [0, 0.1) is 5.92 Å². The average Bonchev–Trinajstić information content (AvgIpc) is 2.54. The molecule has 0 saturated carbocycles. The number of nitrogens with zero attached hydrogens (tertiary/aromatic N) is 1. The fourth-order valence-corrected chi connectivity index (χ4v) is 2.17. The number of hydrogen-bond donors (Lipinski definition) is 2. The second-order valence-electron chi connectivity index (χ2n) is 5.98. The molecule has 0 unspecified atom stereocenters. The number of hydrogen-bond acceptors (Lipinski definition) is 3. The molecule has 0 amide bonds. The minimum absolute atomic E-state index is 0.0486. The molecule has 1 aromatic carbocycles. The Kier molecular flexibility index (Phi) is 9.65. The number of rotatable bonds is 10. The van der Waals surface area contributed by atoms with Crippen molar-refractivity contribution >= 4 is 5.96 Å². The lowest BCUT2D eigenvalue weighted by molar-refractivity contribution is -0.0512. The summed E-state index contributed by atoms with van der Waals surface area (Å²) in [6.07, 6.45) is 1.68. The Morgan fingerprint density at radius 3 is 2.56 bits per heavy atom. The standard InChI is InChI=1S/C18H29F2N3O2/c1-5-21-18(22-10-8-13(2)3)23-11-9-14-6-7-15(24-4)16(12-14)25-17(19)20/h6-7,12-13,17H,5,8-11H2,1-4H3,(H2,21,22,23). The lowest BCUT2D eigenvalue weighted by Crippen LogP contribution is -2.38. The van der Waals surface area contributed by atoms with Gasteiger partial charge in [-0.05, 0) is 43.4 Å². The highest BCUT2D eigenvalue weighted by atomic mass is 19.3. The van der Waals surface area contributed by atoms with Crippen LogP contribution in [-0.4, -0.2) is 39.3 Å². The highest BCUT2D eigenvalue weighted by Gasteiger charge is 2.11. The molecule has 0 radical (unpaired) electrons. The molecule has 25 heavy (non-hydrogen) atoms. The lowest BCUT2D eigenvalue weighted by Gasteiger charge is -2.13. The first-order chi connectivity index (χ1) is 12.0. The Morgan fingerprint density at radius 1 is 1.20 bits per heavy atom. The van der Waals surface area contributed by atoms with Gasteiger partial charge in [0.05, 0.1) is 7.11 Å². The topological polar surface area (TPSA) is 54.9 Å². The summed E-state index contributed by atoms with van der Waals surface area (Å²) in [6, 6.07) is 5.05. The molecule has 0 atom stereocenters. The Bertz CT molecular complexity index is 537. The van der Waals surface area contributed by atoms with Crippen molar-refractivity contribution in [1.82, 2.24) is 10.6 Å². The molecule has 0 aliphatic heterocycles. The molecule has 0 fully saturated rings. The number of alkyl halides is 2. The van der Waals surface area contributed by atoms with E-state index in [2.05, 4.69) is 34.2 Å². The Hall–Kier alpha value is -2.05. The van der Waals surface area contributed by atoms with Crippen LogP contribution < -0.4 is 20.1 Å². The molecule has 2 N–H and O–H groups in total. The van der Waals surface area contributed by atoms with Crippen molar-refractivity contribution in [2.45, 2.75) is 40.2 Å². The number of benzene rings is 1. The van der Waals surface area contributed by atoms with Gasteiger partial charge in [0.15, 0.2) is 17.5 Å². The summed E-state index contributed by atoms with van der Waals surface area (Å²) in [5.41, 5.74) is 0.877. The zero-order valence-corrected chi connectivity index (χ0v) is 15.4. The highest BCUT2D eigenvalue weighted by molar-refractivity contribution is 5.79. The van der Waals surface area contributed by atoms with E-state index in [1.165, 1.54) is 7.11 Å². The first-order valence-electron chi connectivity index (χ1n) is 8.60. The van der Waals surface area contributed by atoms with Crippen LogP contribution in [0.4, 0.5) is 8.78 Å². The maximum absolute atomic E-state index is 12.5. The molecule has 0 aromatic heterocycles. The predicted molar refractivity (Wildman–Crippen MR) is 96.8 cm³/mol. The van der Waals surface area contributed by atoms with Crippen molar-refractivity contribution in [3.63, 3.8) is 0 Å². The van der Waals surface area contributed by atoms with E-state index in [1.54, 1.807) is 12.1 Å². The SMILES string of the molecule is CCNC(=NCCC(C)C)NCCc1ccc(OC)c(OC(F)F)c1. The van der Waals surface area contributed by atoms with Gasteiger partial charge in [-0.25, -0.2) is 0 Å². The molecule has 0 heterocycles. The first kappa shape index (κ1) is 21.0. The summed E-state index contributed by atoms with van der Waals surface area (Å²) in [4.78, 5) is 4.52. The average molecular weight is 357 g/mol. The number of nitrogens with one attached hydrogen (secondary N) is 2. The van der Waals surface area contributed by atoms with Crippen molar-refractivity contribution in [3.8, 4) is 11.5 Å². The molecule has 1 aromatic rings. The molecule has 142 valence electrons. The predicted octanol–water partition coefficient (Wildman–Crippen LogP) is 3.44. The highest BCUT2D eigenvalue weighted by Crippen LogP contribution is 2.29. The van der Waals surface area contributed by atoms with Gasteiger partial charge in [-0.2, -0.15) is 8.78 Å². The van der Waals surface area contributed by atoms with E-state index < -0.39 is 6.61 Å². The molecular formula is C18H29F2N3O2. The number of methoxy groups -OCH3 is 1. The van der Waals surface area contributed by atoms with Gasteiger partial charge >= 0.3 is 6.61 Å². The minimum Gasteiger partial charge on any atom is -0.493 e. The van der Waals surface area contributed by atoms with Gasteiger partial charge < -0.3 is 20.1 Å². The van der Waals surface area contributed by atoms with Crippen molar-refractivity contribution in [1.29, 1.82) is 0 Å². The quantitative estimate of drug-likeness (QED) is 0.497. The van der Waals surface area contributed by atoms with Gasteiger partial charge in [0.2, 0.25) is 0 Å². The van der Waals surface area contributed by atoms with Crippen molar-refractivity contribution in [2.75, 3.05) is 26.7 Å². The summed E-state index contributed by atoms with van der Waals surface area (Å²) in [5, 5.41) is 6.44. The van der Waals surface area contributed by atoms with E-state index >= 15 is 0 Å². The largest absolute Gasteiger partial charge is 0.493 e. The van der Waals surface area contributed by atoms with Crippen LogP contribution in [0.3, 0.4) is 0 Å². The first-order valence-corrected chi connectivity index (χ1v) is 8.60. The molecule has 7 heteroatoms. The van der Waals surface area contributed by atoms with Crippen LogP contribution >= 0.6 is 0 Å². The minimum atomic E-state index is -2.88. The van der Waals surface area contributed by atoms with Gasteiger partial charge in [0.1, 0.15) is 0 Å². The van der Waals surface area contributed by atoms with Gasteiger partial charge in [-0.3, -0.25) is 4.99 Å². The summed E-state index contributed by atoms with van der Waals surface area (Å²) in [6.45, 7) is 5.64. The van der Waals surface area contributed by atoms with Crippen molar-refractivity contribution in [3.05, 3.63) is 23.8 Å². The van der Waals surface area contributed by atoms with Gasteiger partial charge in [0, 0.05) is 19.6 Å². The molecule has 0 saturated heterocycles. The molecule has 0 aliphatic rings. The van der Waals surface area contributed by atoms with Gasteiger partial charge in [-0.15, -0.1) is 0 Å². The zero-order valence-electron chi connectivity index (χ0n) is 15.4. The number of halogens is 2. The van der Waals surface area contributed by atoms with E-state index in [4.69, 9.17) is 4.74 Å². The van der Waals surface area contributed by atoms with Crippen LogP contribution in [0.1, 0.15) is 32.8 Å². The maximum atomic E-state index is 12.5. The molecule has 0 bridgehead atoms. The second-order valence-corrected chi connectivity index (χ2v) is 5.98. The summed E-state index contributed by atoms with van der Waals surface area (Å²) < 4.78 is 34.5. The van der Waals surface area contributed by atoms with E-state index in [-0.39, 0.29) is 5.75 Å². The van der Waals surface area contributed by atoms with Crippen LogP contribution in [0.5, 0.6) is 11.5 Å². The van der Waals surface area contributed by atoms with Gasteiger partial charge in [0.25, 0.3) is 0 Å². The Balaban J connectivity index is 2.60. The van der Waals surface area contributed by atoms with E-state index in [0.29, 0.717) is 24.6 Å². The van der Waals surface area contributed by atoms with E-state index in [1.807, 2.05) is 13.0 Å². The molecule has 0 aliphatic carbocycles. The molecule has 1 rings (SSSR count). The van der Waals surface area contributed by atoms with Crippen LogP contribution in [0.2, 0.25) is 0 Å². The van der Waals surface area contributed by atoms with Crippen molar-refractivity contribution in [2.24, 2.45) is 10.9 Å². The molecule has 5 nitrogen and oxygen atoms in total. The van der Waals surface area contributed by atoms with Crippen molar-refractivity contribution < 1.29 is 18.3 Å². The monoisotopic (exact) mass is 357 g/mol. The fraction of sp³-hybridized carbons (Fsp3) is 0.611. The summed E-state index contributed by atoms with van der Waals surface area (Å²) >= 11 is 0. The second kappa shape index (κ2) is 11.5. The smallest absolute Gasteiger partial charge is 0.387 e. The third-order valence-electron chi connectivity index (χ3n) is 3.47.